The monoisotopic (exact) mass is 775 g/mol. The second-order valence-electron chi connectivity index (χ2n) is 12.1. The fourth-order valence-electron chi connectivity index (χ4n) is 5.15. The van der Waals surface area contributed by atoms with Gasteiger partial charge in [-0.1, -0.05) is 74.5 Å². The third-order valence-electron chi connectivity index (χ3n) is 7.43. The van der Waals surface area contributed by atoms with Gasteiger partial charge >= 0.3 is 0 Å². The van der Waals surface area contributed by atoms with Crippen molar-refractivity contribution in [3.05, 3.63) is 118 Å². The van der Waals surface area contributed by atoms with E-state index in [1.54, 1.807) is 23.6 Å². The Morgan fingerprint density at radius 3 is 2.27 bits per heavy atom. The van der Waals surface area contributed by atoms with Crippen LogP contribution in [-0.4, -0.2) is 9.97 Å². The number of fused-ring (bicyclic) bond motifs is 5. The molecule has 1 radical (unpaired) electrons. The molecule has 0 bridgehead atoms. The van der Waals surface area contributed by atoms with E-state index in [-0.39, 0.29) is 20.1 Å². The first-order valence-electron chi connectivity index (χ1n) is 15.5. The molecule has 7 rings (SSSR count). The first-order chi connectivity index (χ1) is 21.3. The number of aromatic nitrogens is 2. The van der Waals surface area contributed by atoms with Gasteiger partial charge in [0.2, 0.25) is 0 Å². The maximum Gasteiger partial charge on any atom is 0.138 e. The zero-order valence-corrected chi connectivity index (χ0v) is 29.3. The molecule has 0 aliphatic rings. The van der Waals surface area contributed by atoms with Crippen LogP contribution in [0, 0.1) is 45.2 Å². The van der Waals surface area contributed by atoms with Crippen molar-refractivity contribution in [1.82, 2.24) is 9.97 Å². The molecule has 5 heteroatoms. The molecule has 0 atom stereocenters. The second kappa shape index (κ2) is 12.8. The molecule has 0 saturated heterocycles. The SMILES string of the molecule is Cc1c[c-]c(-c2ccc(C)cn2)cc1.[2H]C([2H])(c1ccnc(-c2[c-]ccc3c2oc2c3ccc3c(C)c(C)sc32)c1)C(C)(C)C.[Ir]. The van der Waals surface area contributed by atoms with Crippen molar-refractivity contribution >= 4 is 43.4 Å². The van der Waals surface area contributed by atoms with E-state index in [1.807, 2.05) is 70.3 Å². The summed E-state index contributed by atoms with van der Waals surface area (Å²) in [5.74, 6) is 0. The number of furan rings is 1. The zero-order valence-electron chi connectivity index (χ0n) is 28.0. The normalized spacial score (nSPS) is 12.4. The van der Waals surface area contributed by atoms with Gasteiger partial charge in [0, 0.05) is 45.5 Å². The average molecular weight is 775 g/mol. The molecule has 3 nitrogen and oxygen atoms in total. The molecule has 7 aromatic rings. The Balaban J connectivity index is 0.000000234. The molecule has 0 N–H and O–H groups in total. The summed E-state index contributed by atoms with van der Waals surface area (Å²) in [7, 11) is 0. The zero-order chi connectivity index (χ0) is 32.1. The Kier molecular flexibility index (Phi) is 8.45. The van der Waals surface area contributed by atoms with Gasteiger partial charge < -0.3 is 14.4 Å². The largest absolute Gasteiger partial charge is 0.499 e. The summed E-state index contributed by atoms with van der Waals surface area (Å²) in [6.07, 6.45) is 2.06. The molecule has 0 saturated carbocycles. The summed E-state index contributed by atoms with van der Waals surface area (Å²) < 4.78 is 24.9. The number of pyridine rings is 2. The van der Waals surface area contributed by atoms with E-state index in [1.165, 1.54) is 31.7 Å². The van der Waals surface area contributed by atoms with Crippen LogP contribution in [-0.2, 0) is 26.5 Å². The van der Waals surface area contributed by atoms with Gasteiger partial charge in [-0.05, 0) is 66.5 Å². The predicted octanol–water partition coefficient (Wildman–Crippen LogP) is 11.0. The number of hydrogen-bond donors (Lipinski definition) is 0. The van der Waals surface area contributed by atoms with Gasteiger partial charge in [-0.15, -0.1) is 64.9 Å². The minimum Gasteiger partial charge on any atom is -0.499 e. The average Bonchev–Trinajstić information content (AvgIpc) is 3.54. The Hall–Kier alpha value is -3.63. The van der Waals surface area contributed by atoms with Crippen LogP contribution < -0.4 is 0 Å². The fraction of sp³-hybridized carbons (Fsp3) is 0.231. The molecular weight excluding hydrogens is 737 g/mol. The topological polar surface area (TPSA) is 38.9 Å². The van der Waals surface area contributed by atoms with E-state index in [0.717, 1.165) is 38.8 Å². The second-order valence-corrected chi connectivity index (χ2v) is 13.3. The van der Waals surface area contributed by atoms with E-state index in [9.17, 15) is 0 Å². The quantitative estimate of drug-likeness (QED) is 0.168. The van der Waals surface area contributed by atoms with E-state index in [2.05, 4.69) is 67.1 Å². The summed E-state index contributed by atoms with van der Waals surface area (Å²) in [6, 6.07) is 28.5. The van der Waals surface area contributed by atoms with Gasteiger partial charge in [-0.25, -0.2) is 0 Å². The molecule has 4 heterocycles. The van der Waals surface area contributed by atoms with Gasteiger partial charge in [0.25, 0.3) is 0 Å². The summed E-state index contributed by atoms with van der Waals surface area (Å²) in [5.41, 5.74) is 8.88. The first-order valence-corrected chi connectivity index (χ1v) is 15.3. The molecule has 0 aliphatic carbocycles. The minimum absolute atomic E-state index is 0. The Morgan fingerprint density at radius 1 is 0.818 bits per heavy atom. The number of hydrogen-bond acceptors (Lipinski definition) is 4. The van der Waals surface area contributed by atoms with Crippen molar-refractivity contribution in [3.63, 3.8) is 0 Å². The van der Waals surface area contributed by atoms with Crippen LogP contribution in [0.4, 0.5) is 0 Å². The fourth-order valence-corrected chi connectivity index (χ4v) is 6.30. The maximum absolute atomic E-state index is 8.65. The summed E-state index contributed by atoms with van der Waals surface area (Å²) in [6.45, 7) is 14.1. The third-order valence-corrected chi connectivity index (χ3v) is 8.66. The Bertz CT molecular complexity index is 2110. The van der Waals surface area contributed by atoms with E-state index in [4.69, 9.17) is 7.16 Å². The first kappa shape index (κ1) is 29.1. The van der Waals surface area contributed by atoms with Gasteiger partial charge in [0.15, 0.2) is 0 Å². The number of nitrogens with zero attached hydrogens (tertiary/aromatic N) is 2. The minimum atomic E-state index is -1.50. The van der Waals surface area contributed by atoms with Crippen LogP contribution in [0.3, 0.4) is 0 Å². The third kappa shape index (κ3) is 6.56. The molecule has 0 unspecified atom stereocenters. The Labute approximate surface area is 280 Å². The van der Waals surface area contributed by atoms with E-state index < -0.39 is 11.8 Å². The number of thiophene rings is 1. The van der Waals surface area contributed by atoms with Crippen LogP contribution in [0.5, 0.6) is 0 Å². The van der Waals surface area contributed by atoms with Crippen LogP contribution in [0.15, 0.2) is 83.5 Å². The van der Waals surface area contributed by atoms with Crippen LogP contribution in [0.1, 0.15) is 50.6 Å². The molecule has 4 aromatic heterocycles. The summed E-state index contributed by atoms with van der Waals surface area (Å²) in [5, 5.41) is 3.35. The molecule has 225 valence electrons. The standard InChI is InChI=1S/C26H24NOS.C13H12N.Ir/c1-15-16(2)29-25-18(15)9-10-20-19-7-6-8-21(23(19)28-24(20)25)22-13-17(11-12-27-22)14-26(3,4)5;1-10-3-6-12(7-4-10)13-8-5-11(2)9-14-13;/h6-7,9-13H,14H2,1-5H3;3-6,8-9H,1-2H3;/q2*-1;/i14D2;;. The van der Waals surface area contributed by atoms with Crippen molar-refractivity contribution in [3.8, 4) is 22.5 Å². The van der Waals surface area contributed by atoms with E-state index in [0.29, 0.717) is 11.3 Å². The molecular formula is C39H36IrN2OS-2. The van der Waals surface area contributed by atoms with Gasteiger partial charge in [-0.3, -0.25) is 0 Å². The molecule has 0 spiro atoms. The van der Waals surface area contributed by atoms with Gasteiger partial charge in [-0.2, -0.15) is 0 Å². The number of benzene rings is 3. The van der Waals surface area contributed by atoms with Crippen LogP contribution >= 0.6 is 11.3 Å². The molecule has 0 fully saturated rings. The van der Waals surface area contributed by atoms with E-state index >= 15 is 0 Å². The predicted molar refractivity (Wildman–Crippen MR) is 182 cm³/mol. The smallest absolute Gasteiger partial charge is 0.138 e. The van der Waals surface area contributed by atoms with Crippen molar-refractivity contribution in [2.24, 2.45) is 5.41 Å². The maximum atomic E-state index is 8.65. The van der Waals surface area contributed by atoms with Gasteiger partial charge in [0.1, 0.15) is 5.58 Å². The summed E-state index contributed by atoms with van der Waals surface area (Å²) >= 11 is 1.76. The Morgan fingerprint density at radius 2 is 1.57 bits per heavy atom. The molecule has 0 amide bonds. The molecule has 0 aliphatic heterocycles. The summed E-state index contributed by atoms with van der Waals surface area (Å²) in [4.78, 5) is 10.2. The van der Waals surface area contributed by atoms with Crippen molar-refractivity contribution < 1.29 is 27.3 Å². The van der Waals surface area contributed by atoms with Crippen LogP contribution in [0.25, 0.3) is 54.5 Å². The number of aryl methyl sites for hydroxylation is 4. The van der Waals surface area contributed by atoms with Crippen LogP contribution in [0.2, 0.25) is 0 Å². The van der Waals surface area contributed by atoms with Crippen molar-refractivity contribution in [1.29, 1.82) is 0 Å². The number of rotatable bonds is 3. The molecule has 44 heavy (non-hydrogen) atoms. The van der Waals surface area contributed by atoms with Gasteiger partial charge in [0.05, 0.1) is 10.3 Å². The van der Waals surface area contributed by atoms with Crippen molar-refractivity contribution in [2.45, 2.75) is 54.8 Å². The molecule has 3 aromatic carbocycles. The van der Waals surface area contributed by atoms with Crippen molar-refractivity contribution in [2.75, 3.05) is 0 Å².